The number of benzene rings is 2. The van der Waals surface area contributed by atoms with Crippen LogP contribution in [-0.4, -0.2) is 43.2 Å². The lowest BCUT2D eigenvalue weighted by Gasteiger charge is -2.20. The molecule has 6 nitrogen and oxygen atoms in total. The molecule has 2 rings (SSSR count). The van der Waals surface area contributed by atoms with E-state index in [-0.39, 0.29) is 17.2 Å². The van der Waals surface area contributed by atoms with Crippen molar-refractivity contribution in [3.8, 4) is 0 Å². The van der Waals surface area contributed by atoms with Gasteiger partial charge in [-0.3, -0.25) is 0 Å². The van der Waals surface area contributed by atoms with Crippen LogP contribution in [-0.2, 0) is 19.9 Å². The molecule has 154 valence electrons. The minimum absolute atomic E-state index is 0.0127. The second-order valence-corrected chi connectivity index (χ2v) is 10.9. The zero-order chi connectivity index (χ0) is 20.8. The number of hydrogen-bond acceptors (Lipinski definition) is 5. The van der Waals surface area contributed by atoms with Gasteiger partial charge < -0.3 is 4.90 Å². The molecule has 0 aromatic heterocycles. The summed E-state index contributed by atoms with van der Waals surface area (Å²) in [6.07, 6.45) is 1.28. The topological polar surface area (TPSA) is 83.6 Å². The van der Waals surface area contributed by atoms with E-state index in [1.807, 2.05) is 38.1 Å². The van der Waals surface area contributed by atoms with Crippen molar-refractivity contribution in [1.29, 1.82) is 0 Å². The summed E-state index contributed by atoms with van der Waals surface area (Å²) in [6.45, 7) is 1.70. The fraction of sp³-hybridized carbons (Fsp3) is 0.400. The first-order chi connectivity index (χ1) is 13.2. The van der Waals surface area contributed by atoms with E-state index >= 15 is 0 Å². The third-order valence-corrected chi connectivity index (χ3v) is 8.03. The van der Waals surface area contributed by atoms with Crippen molar-refractivity contribution >= 4 is 25.5 Å². The van der Waals surface area contributed by atoms with E-state index in [9.17, 15) is 16.8 Å². The number of unbranched alkanes of at least 4 members (excludes halogenated alkanes) is 1. The highest BCUT2D eigenvalue weighted by Crippen LogP contribution is 2.29. The Labute approximate surface area is 168 Å². The number of nitrogens with zero attached hydrogens (tertiary/aromatic N) is 1. The summed E-state index contributed by atoms with van der Waals surface area (Å²) < 4.78 is 53.4. The molecule has 0 fully saturated rings. The third kappa shape index (κ3) is 5.80. The molecule has 0 saturated carbocycles. The van der Waals surface area contributed by atoms with Crippen LogP contribution in [0, 0.1) is 0 Å². The van der Waals surface area contributed by atoms with Crippen molar-refractivity contribution in [1.82, 2.24) is 4.72 Å². The van der Waals surface area contributed by atoms with Crippen LogP contribution in [0.25, 0.3) is 0 Å². The van der Waals surface area contributed by atoms with Gasteiger partial charge in [-0.05, 0) is 36.2 Å². The van der Waals surface area contributed by atoms with Gasteiger partial charge in [0.2, 0.25) is 10.0 Å². The Balaban J connectivity index is 2.38. The largest absolute Gasteiger partial charge is 0.378 e. The SMILES string of the molecule is CCCCS(=O)(=O)NC[C@@H](c1ccc(N(C)C)cc1)S(=O)(=O)c1ccccc1. The Hall–Kier alpha value is -1.90. The Morgan fingerprint density at radius 2 is 1.54 bits per heavy atom. The molecule has 2 aromatic carbocycles. The molecule has 0 bridgehead atoms. The zero-order valence-corrected chi connectivity index (χ0v) is 18.1. The minimum atomic E-state index is -3.77. The van der Waals surface area contributed by atoms with Gasteiger partial charge in [0, 0.05) is 26.3 Å². The van der Waals surface area contributed by atoms with Gasteiger partial charge in [-0.15, -0.1) is 0 Å². The monoisotopic (exact) mass is 424 g/mol. The van der Waals surface area contributed by atoms with Crippen LogP contribution < -0.4 is 9.62 Å². The Bertz CT molecular complexity index is 955. The predicted octanol–water partition coefficient (Wildman–Crippen LogP) is 2.99. The zero-order valence-electron chi connectivity index (χ0n) is 16.5. The number of nitrogens with one attached hydrogen (secondary N) is 1. The van der Waals surface area contributed by atoms with Crippen LogP contribution in [0.2, 0.25) is 0 Å². The number of sulfone groups is 1. The van der Waals surface area contributed by atoms with Crippen LogP contribution >= 0.6 is 0 Å². The van der Waals surface area contributed by atoms with E-state index in [1.54, 1.807) is 30.3 Å². The fourth-order valence-corrected chi connectivity index (χ4v) is 5.80. The van der Waals surface area contributed by atoms with Crippen molar-refractivity contribution < 1.29 is 16.8 Å². The summed E-state index contributed by atoms with van der Waals surface area (Å²) in [4.78, 5) is 2.09. The molecule has 0 radical (unpaired) electrons. The molecule has 0 aliphatic heterocycles. The lowest BCUT2D eigenvalue weighted by Crippen LogP contribution is -2.33. The molecule has 1 N–H and O–H groups in total. The lowest BCUT2D eigenvalue weighted by atomic mass is 10.1. The van der Waals surface area contributed by atoms with Crippen molar-refractivity contribution in [2.24, 2.45) is 0 Å². The van der Waals surface area contributed by atoms with Crippen LogP contribution in [0.4, 0.5) is 5.69 Å². The van der Waals surface area contributed by atoms with Crippen molar-refractivity contribution in [3.63, 3.8) is 0 Å². The molecule has 0 aliphatic carbocycles. The van der Waals surface area contributed by atoms with Gasteiger partial charge in [0.1, 0.15) is 5.25 Å². The molecule has 0 heterocycles. The Kier molecular flexibility index (Phi) is 7.63. The van der Waals surface area contributed by atoms with E-state index in [0.29, 0.717) is 12.0 Å². The molecule has 8 heteroatoms. The molecular weight excluding hydrogens is 396 g/mol. The summed E-state index contributed by atoms with van der Waals surface area (Å²) in [5.74, 6) is -0.0127. The highest BCUT2D eigenvalue weighted by atomic mass is 32.2. The maximum absolute atomic E-state index is 13.2. The summed E-state index contributed by atoms with van der Waals surface area (Å²) >= 11 is 0. The fourth-order valence-electron chi connectivity index (χ4n) is 2.78. The van der Waals surface area contributed by atoms with Gasteiger partial charge >= 0.3 is 0 Å². The summed E-state index contributed by atoms with van der Waals surface area (Å²) in [5.41, 5.74) is 1.48. The standard InChI is InChI=1S/C20H28N2O4S2/c1-4-5-15-27(23,24)21-16-20(17-11-13-18(14-12-17)22(2)3)28(25,26)19-9-7-6-8-10-19/h6-14,20-21H,4-5,15-16H2,1-3H3/t20-/m0/s1. The molecule has 0 aliphatic rings. The van der Waals surface area contributed by atoms with E-state index < -0.39 is 25.1 Å². The molecule has 0 saturated heterocycles. The molecule has 0 spiro atoms. The number of sulfonamides is 1. The van der Waals surface area contributed by atoms with Crippen molar-refractivity contribution in [2.45, 2.75) is 29.9 Å². The third-order valence-electron chi connectivity index (χ3n) is 4.48. The quantitative estimate of drug-likeness (QED) is 0.634. The average molecular weight is 425 g/mol. The molecule has 28 heavy (non-hydrogen) atoms. The maximum atomic E-state index is 13.2. The van der Waals surface area contributed by atoms with Crippen LogP contribution in [0.15, 0.2) is 59.5 Å². The second kappa shape index (κ2) is 9.54. The first-order valence-electron chi connectivity index (χ1n) is 9.21. The molecule has 0 amide bonds. The van der Waals surface area contributed by atoms with Crippen LogP contribution in [0.5, 0.6) is 0 Å². The van der Waals surface area contributed by atoms with Crippen molar-refractivity contribution in [2.75, 3.05) is 31.3 Å². The van der Waals surface area contributed by atoms with Crippen molar-refractivity contribution in [3.05, 3.63) is 60.2 Å². The molecule has 2 aromatic rings. The van der Waals surface area contributed by atoms with E-state index in [0.717, 1.165) is 12.1 Å². The lowest BCUT2D eigenvalue weighted by molar-refractivity contribution is 0.567. The van der Waals surface area contributed by atoms with E-state index in [4.69, 9.17) is 0 Å². The van der Waals surface area contributed by atoms with Gasteiger partial charge in [-0.2, -0.15) is 0 Å². The minimum Gasteiger partial charge on any atom is -0.378 e. The predicted molar refractivity (Wildman–Crippen MR) is 114 cm³/mol. The molecule has 0 unspecified atom stereocenters. The Morgan fingerprint density at radius 1 is 0.929 bits per heavy atom. The number of hydrogen-bond donors (Lipinski definition) is 1. The van der Waals surface area contributed by atoms with Crippen LogP contribution in [0.1, 0.15) is 30.6 Å². The average Bonchev–Trinajstić information content (AvgIpc) is 2.67. The van der Waals surface area contributed by atoms with E-state index in [1.165, 1.54) is 12.1 Å². The molecule has 1 atom stereocenters. The highest BCUT2D eigenvalue weighted by Gasteiger charge is 2.30. The van der Waals surface area contributed by atoms with Gasteiger partial charge in [-0.1, -0.05) is 43.7 Å². The normalized spacial score (nSPS) is 13.2. The van der Waals surface area contributed by atoms with Crippen LogP contribution in [0.3, 0.4) is 0 Å². The summed E-state index contributed by atoms with van der Waals surface area (Å²) in [5, 5.41) is -1.01. The van der Waals surface area contributed by atoms with E-state index in [2.05, 4.69) is 4.72 Å². The number of anilines is 1. The van der Waals surface area contributed by atoms with Gasteiger partial charge in [0.15, 0.2) is 9.84 Å². The Morgan fingerprint density at radius 3 is 2.07 bits per heavy atom. The smallest absolute Gasteiger partial charge is 0.211 e. The maximum Gasteiger partial charge on any atom is 0.211 e. The summed E-state index contributed by atoms with van der Waals surface area (Å²) in [7, 11) is -3.51. The first-order valence-corrected chi connectivity index (χ1v) is 12.4. The second-order valence-electron chi connectivity index (χ2n) is 6.85. The van der Waals surface area contributed by atoms with Gasteiger partial charge in [-0.25, -0.2) is 21.6 Å². The van der Waals surface area contributed by atoms with Gasteiger partial charge in [0.25, 0.3) is 0 Å². The first kappa shape index (κ1) is 22.4. The highest BCUT2D eigenvalue weighted by molar-refractivity contribution is 7.92. The molecular formula is C20H28N2O4S2. The summed E-state index contributed by atoms with van der Waals surface area (Å²) in [6, 6.07) is 15.2. The number of rotatable bonds is 10. The van der Waals surface area contributed by atoms with Gasteiger partial charge in [0.05, 0.1) is 10.6 Å².